The Hall–Kier alpha value is -1.59. The quantitative estimate of drug-likeness (QED) is 0.896. The Labute approximate surface area is 144 Å². The van der Waals surface area contributed by atoms with Gasteiger partial charge in [-0.25, -0.2) is 0 Å². The van der Waals surface area contributed by atoms with Crippen molar-refractivity contribution in [1.29, 1.82) is 0 Å². The maximum atomic E-state index is 12.5. The van der Waals surface area contributed by atoms with Crippen LogP contribution in [-0.2, 0) is 11.3 Å². The highest BCUT2D eigenvalue weighted by Crippen LogP contribution is 2.33. The van der Waals surface area contributed by atoms with Crippen molar-refractivity contribution >= 4 is 5.91 Å². The Bertz CT molecular complexity index is 561. The summed E-state index contributed by atoms with van der Waals surface area (Å²) in [7, 11) is 1.70. The monoisotopic (exact) mass is 332 g/mol. The van der Waals surface area contributed by atoms with Crippen LogP contribution in [0.5, 0.6) is 5.75 Å². The fraction of sp³-hybridized carbons (Fsp3) is 0.632. The highest BCUT2D eigenvalue weighted by atomic mass is 16.5. The summed E-state index contributed by atoms with van der Waals surface area (Å²) in [4.78, 5) is 16.7. The van der Waals surface area contributed by atoms with Gasteiger partial charge < -0.3 is 14.7 Å². The number of para-hydroxylation sites is 1. The molecule has 1 aliphatic heterocycles. The number of benzene rings is 1. The second-order valence-electron chi connectivity index (χ2n) is 7.08. The van der Waals surface area contributed by atoms with Crippen molar-refractivity contribution in [3.05, 3.63) is 29.8 Å². The number of rotatable bonds is 5. The molecule has 0 aromatic heterocycles. The van der Waals surface area contributed by atoms with Crippen molar-refractivity contribution in [2.75, 3.05) is 33.3 Å². The van der Waals surface area contributed by atoms with Gasteiger partial charge >= 0.3 is 0 Å². The molecule has 132 valence electrons. The second kappa shape index (κ2) is 7.53. The second-order valence-corrected chi connectivity index (χ2v) is 7.08. The van der Waals surface area contributed by atoms with Crippen molar-refractivity contribution in [2.45, 2.75) is 44.2 Å². The van der Waals surface area contributed by atoms with Gasteiger partial charge in [0.2, 0.25) is 5.91 Å². The van der Waals surface area contributed by atoms with Crippen molar-refractivity contribution < 1.29 is 14.6 Å². The van der Waals surface area contributed by atoms with Gasteiger partial charge in [-0.2, -0.15) is 0 Å². The summed E-state index contributed by atoms with van der Waals surface area (Å²) in [5.41, 5.74) is 0.436. The molecule has 1 aromatic carbocycles. The van der Waals surface area contributed by atoms with Crippen molar-refractivity contribution in [3.8, 4) is 5.75 Å². The first kappa shape index (κ1) is 17.2. The summed E-state index contributed by atoms with van der Waals surface area (Å²) in [5, 5.41) is 10.4. The average molecular weight is 332 g/mol. The lowest BCUT2D eigenvalue weighted by Gasteiger charge is -2.36. The molecule has 5 nitrogen and oxygen atoms in total. The summed E-state index contributed by atoms with van der Waals surface area (Å²) in [6, 6.07) is 8.08. The zero-order chi connectivity index (χ0) is 17.0. The van der Waals surface area contributed by atoms with Crippen LogP contribution in [0.3, 0.4) is 0 Å². The molecule has 2 aliphatic rings. The van der Waals surface area contributed by atoms with Crippen LogP contribution in [0.2, 0.25) is 0 Å². The van der Waals surface area contributed by atoms with Crippen LogP contribution in [0.25, 0.3) is 0 Å². The minimum Gasteiger partial charge on any atom is -0.496 e. The molecule has 1 heterocycles. The predicted molar refractivity (Wildman–Crippen MR) is 92.9 cm³/mol. The summed E-state index contributed by atoms with van der Waals surface area (Å²) in [6.45, 7) is 4.05. The fourth-order valence-corrected chi connectivity index (χ4v) is 3.83. The molecule has 0 radical (unpaired) electrons. The lowest BCUT2D eigenvalue weighted by atomic mass is 9.97. The van der Waals surface area contributed by atoms with E-state index in [1.54, 1.807) is 7.11 Å². The van der Waals surface area contributed by atoms with Crippen LogP contribution >= 0.6 is 0 Å². The van der Waals surface area contributed by atoms with E-state index in [0.717, 1.165) is 64.2 Å². The van der Waals surface area contributed by atoms with Crippen LogP contribution < -0.4 is 4.74 Å². The topological polar surface area (TPSA) is 53.0 Å². The Morgan fingerprint density at radius 1 is 1.17 bits per heavy atom. The van der Waals surface area contributed by atoms with Crippen LogP contribution in [-0.4, -0.2) is 59.7 Å². The van der Waals surface area contributed by atoms with Gasteiger partial charge in [-0.15, -0.1) is 0 Å². The van der Waals surface area contributed by atoms with E-state index < -0.39 is 5.60 Å². The van der Waals surface area contributed by atoms with Gasteiger partial charge in [-0.1, -0.05) is 31.0 Å². The third-order valence-electron chi connectivity index (χ3n) is 5.33. The molecule has 0 bridgehead atoms. The molecule has 3 rings (SSSR count). The van der Waals surface area contributed by atoms with Crippen molar-refractivity contribution in [3.63, 3.8) is 0 Å². The lowest BCUT2D eigenvalue weighted by molar-refractivity contribution is -0.138. The molecule has 1 aromatic rings. The van der Waals surface area contributed by atoms with Gasteiger partial charge in [0.1, 0.15) is 5.75 Å². The van der Waals surface area contributed by atoms with E-state index in [0.29, 0.717) is 6.42 Å². The molecule has 1 N–H and O–H groups in total. The molecule has 1 saturated carbocycles. The van der Waals surface area contributed by atoms with E-state index >= 15 is 0 Å². The van der Waals surface area contributed by atoms with Crippen LogP contribution in [0.15, 0.2) is 24.3 Å². The number of piperazine rings is 1. The summed E-state index contributed by atoms with van der Waals surface area (Å²) < 4.78 is 5.41. The average Bonchev–Trinajstić information content (AvgIpc) is 3.02. The predicted octanol–water partition coefficient (Wildman–Crippen LogP) is 2.03. The van der Waals surface area contributed by atoms with Crippen molar-refractivity contribution in [1.82, 2.24) is 9.80 Å². The smallest absolute Gasteiger partial charge is 0.225 e. The lowest BCUT2D eigenvalue weighted by Crippen LogP contribution is -2.49. The molecule has 0 unspecified atom stereocenters. The highest BCUT2D eigenvalue weighted by Gasteiger charge is 2.35. The van der Waals surface area contributed by atoms with Crippen LogP contribution in [0.1, 0.15) is 37.7 Å². The van der Waals surface area contributed by atoms with Gasteiger partial charge in [0.25, 0.3) is 0 Å². The van der Waals surface area contributed by atoms with E-state index in [1.165, 1.54) is 5.56 Å². The van der Waals surface area contributed by atoms with Gasteiger partial charge in [-0.3, -0.25) is 9.69 Å². The van der Waals surface area contributed by atoms with Gasteiger partial charge in [0.15, 0.2) is 0 Å². The Kier molecular flexibility index (Phi) is 5.41. The third kappa shape index (κ3) is 4.08. The number of amides is 1. The zero-order valence-corrected chi connectivity index (χ0v) is 14.5. The molecule has 0 spiro atoms. The first-order chi connectivity index (χ1) is 11.6. The largest absolute Gasteiger partial charge is 0.496 e. The molecular weight excluding hydrogens is 304 g/mol. The zero-order valence-electron chi connectivity index (χ0n) is 14.5. The Morgan fingerprint density at radius 2 is 1.83 bits per heavy atom. The number of ether oxygens (including phenoxy) is 1. The molecule has 24 heavy (non-hydrogen) atoms. The summed E-state index contributed by atoms with van der Waals surface area (Å²) in [6.07, 6.45) is 3.91. The Morgan fingerprint density at radius 3 is 2.50 bits per heavy atom. The number of hydrogen-bond donors (Lipinski definition) is 1. The molecule has 1 saturated heterocycles. The number of carbonyl (C=O) groups excluding carboxylic acids is 1. The first-order valence-corrected chi connectivity index (χ1v) is 8.94. The molecular formula is C19H28N2O3. The fourth-order valence-electron chi connectivity index (χ4n) is 3.83. The number of hydrogen-bond acceptors (Lipinski definition) is 4. The van der Waals surface area contributed by atoms with Gasteiger partial charge in [0, 0.05) is 38.3 Å². The molecule has 5 heteroatoms. The molecule has 1 aliphatic carbocycles. The maximum absolute atomic E-state index is 12.5. The Balaban J connectivity index is 1.49. The van der Waals surface area contributed by atoms with E-state index in [1.807, 2.05) is 23.1 Å². The number of nitrogens with zero attached hydrogens (tertiary/aromatic N) is 2. The standard InChI is InChI=1S/C19H28N2O3/c1-24-17-7-3-2-6-16(17)15-20-10-12-21(13-11-20)18(22)14-19(23)8-4-5-9-19/h2-3,6-7,23H,4-5,8-15H2,1H3. The van der Waals surface area contributed by atoms with E-state index in [2.05, 4.69) is 11.0 Å². The number of aliphatic hydroxyl groups is 1. The highest BCUT2D eigenvalue weighted by molar-refractivity contribution is 5.77. The number of methoxy groups -OCH3 is 1. The van der Waals surface area contributed by atoms with Crippen molar-refractivity contribution in [2.24, 2.45) is 0 Å². The first-order valence-electron chi connectivity index (χ1n) is 8.94. The summed E-state index contributed by atoms with van der Waals surface area (Å²) >= 11 is 0. The van der Waals surface area contributed by atoms with E-state index in [4.69, 9.17) is 4.74 Å². The minimum atomic E-state index is -0.744. The third-order valence-corrected chi connectivity index (χ3v) is 5.33. The van der Waals surface area contributed by atoms with Gasteiger partial charge in [0.05, 0.1) is 19.1 Å². The maximum Gasteiger partial charge on any atom is 0.225 e. The van der Waals surface area contributed by atoms with Crippen LogP contribution in [0, 0.1) is 0 Å². The minimum absolute atomic E-state index is 0.108. The SMILES string of the molecule is COc1ccccc1CN1CCN(C(=O)CC2(O)CCCC2)CC1. The molecule has 2 fully saturated rings. The van der Waals surface area contributed by atoms with E-state index in [9.17, 15) is 9.90 Å². The molecule has 1 amide bonds. The van der Waals surface area contributed by atoms with E-state index in [-0.39, 0.29) is 5.91 Å². The normalized spacial score (nSPS) is 21.0. The van der Waals surface area contributed by atoms with Gasteiger partial charge in [-0.05, 0) is 18.9 Å². The number of carbonyl (C=O) groups is 1. The summed E-state index contributed by atoms with van der Waals surface area (Å²) in [5.74, 6) is 1.02. The molecule has 0 atom stereocenters. The van der Waals surface area contributed by atoms with Crippen LogP contribution in [0.4, 0.5) is 0 Å².